The number of rotatable bonds is 7. The largest absolute Gasteiger partial charge is 0.379 e. The number of ether oxygens (including phenoxy) is 1. The maximum absolute atomic E-state index is 13.2. The van der Waals surface area contributed by atoms with Gasteiger partial charge in [-0.1, -0.05) is 30.0 Å². The number of morpholine rings is 1. The van der Waals surface area contributed by atoms with Gasteiger partial charge in [-0.05, 0) is 36.4 Å². The average Bonchev–Trinajstić information content (AvgIpc) is 3.09. The van der Waals surface area contributed by atoms with Crippen LogP contribution in [0.5, 0.6) is 0 Å². The van der Waals surface area contributed by atoms with E-state index in [1.54, 1.807) is 4.90 Å². The van der Waals surface area contributed by atoms with Crippen LogP contribution in [0, 0.1) is 5.82 Å². The van der Waals surface area contributed by atoms with Gasteiger partial charge >= 0.3 is 0 Å². The molecule has 2 aromatic carbocycles. The van der Waals surface area contributed by atoms with E-state index in [4.69, 9.17) is 4.74 Å². The molecular weight excluding hydrogens is 431 g/mol. The van der Waals surface area contributed by atoms with Crippen molar-refractivity contribution in [2.45, 2.75) is 11.7 Å². The Kier molecular flexibility index (Phi) is 7.51. The van der Waals surface area contributed by atoms with Gasteiger partial charge in [0.1, 0.15) is 11.1 Å². The first-order valence-electron chi connectivity index (χ1n) is 10.6. The maximum atomic E-state index is 13.2. The van der Waals surface area contributed by atoms with E-state index in [-0.39, 0.29) is 24.1 Å². The number of para-hydroxylation sites is 1. The van der Waals surface area contributed by atoms with Crippen molar-refractivity contribution in [1.82, 2.24) is 9.80 Å². The third kappa shape index (κ3) is 5.93. The molecular formula is C23H25FN4O3S. The minimum atomic E-state index is -0.553. The minimum absolute atomic E-state index is 0.0166. The SMILES string of the molecule is O=C(C[C@H]1SC(=Nc2ccccc2)N(CCN2CCOCC2)C1=O)Nc1ccc(F)cc1. The number of nitrogens with zero attached hydrogens (tertiary/aromatic N) is 3. The van der Waals surface area contributed by atoms with Gasteiger partial charge in [0, 0.05) is 38.3 Å². The van der Waals surface area contributed by atoms with Crippen LogP contribution in [0.25, 0.3) is 0 Å². The van der Waals surface area contributed by atoms with Crippen molar-refractivity contribution in [1.29, 1.82) is 0 Å². The standard InChI is InChI=1S/C23H25FN4O3S/c24-17-6-8-19(9-7-17)25-21(29)16-20-22(30)28(11-10-27-12-14-31-15-13-27)23(32-20)26-18-4-2-1-3-5-18/h1-9,20H,10-16H2,(H,25,29)/t20-/m1/s1. The number of hydrogen-bond acceptors (Lipinski definition) is 6. The quantitative estimate of drug-likeness (QED) is 0.693. The van der Waals surface area contributed by atoms with Gasteiger partial charge in [-0.15, -0.1) is 0 Å². The first-order valence-corrected chi connectivity index (χ1v) is 11.4. The molecule has 2 aliphatic heterocycles. The van der Waals surface area contributed by atoms with E-state index in [9.17, 15) is 14.0 Å². The van der Waals surface area contributed by atoms with Gasteiger partial charge < -0.3 is 10.1 Å². The monoisotopic (exact) mass is 456 g/mol. The topological polar surface area (TPSA) is 74.2 Å². The molecule has 0 bridgehead atoms. The molecule has 1 N–H and O–H groups in total. The van der Waals surface area contributed by atoms with Crippen LogP contribution in [0.4, 0.5) is 15.8 Å². The lowest BCUT2D eigenvalue weighted by Crippen LogP contribution is -2.43. The molecule has 2 aromatic rings. The number of thioether (sulfide) groups is 1. The highest BCUT2D eigenvalue weighted by Gasteiger charge is 2.39. The molecule has 7 nitrogen and oxygen atoms in total. The number of hydrogen-bond donors (Lipinski definition) is 1. The van der Waals surface area contributed by atoms with Gasteiger partial charge in [0.15, 0.2) is 5.17 Å². The second-order valence-corrected chi connectivity index (χ2v) is 8.71. The van der Waals surface area contributed by atoms with Gasteiger partial charge in [0.25, 0.3) is 0 Å². The highest BCUT2D eigenvalue weighted by Crippen LogP contribution is 2.31. The number of amides is 2. The zero-order valence-corrected chi connectivity index (χ0v) is 18.4. The highest BCUT2D eigenvalue weighted by atomic mass is 32.2. The van der Waals surface area contributed by atoms with Crippen LogP contribution in [-0.2, 0) is 14.3 Å². The molecule has 0 spiro atoms. The van der Waals surface area contributed by atoms with Crippen LogP contribution in [0.1, 0.15) is 6.42 Å². The zero-order valence-electron chi connectivity index (χ0n) is 17.6. The molecule has 2 fully saturated rings. The summed E-state index contributed by atoms with van der Waals surface area (Å²) in [6.07, 6.45) is 0.0166. The summed E-state index contributed by atoms with van der Waals surface area (Å²) in [6, 6.07) is 15.0. The molecule has 2 saturated heterocycles. The van der Waals surface area contributed by atoms with Crippen molar-refractivity contribution in [3.8, 4) is 0 Å². The number of carbonyl (C=O) groups is 2. The Morgan fingerprint density at radius 3 is 2.53 bits per heavy atom. The summed E-state index contributed by atoms with van der Waals surface area (Å²) < 4.78 is 18.5. The summed E-state index contributed by atoms with van der Waals surface area (Å²) in [5.74, 6) is -0.786. The number of aliphatic imine (C=N–C) groups is 1. The van der Waals surface area contributed by atoms with Crippen molar-refractivity contribution < 1.29 is 18.7 Å². The number of benzene rings is 2. The Hall–Kier alpha value is -2.75. The Balaban J connectivity index is 1.44. The van der Waals surface area contributed by atoms with E-state index in [2.05, 4.69) is 15.2 Å². The predicted octanol–water partition coefficient (Wildman–Crippen LogP) is 3.12. The Bertz CT molecular complexity index is 965. The van der Waals surface area contributed by atoms with Crippen LogP contribution in [-0.4, -0.2) is 71.4 Å². The van der Waals surface area contributed by atoms with Crippen molar-refractivity contribution in [3.63, 3.8) is 0 Å². The van der Waals surface area contributed by atoms with E-state index < -0.39 is 5.25 Å². The molecule has 32 heavy (non-hydrogen) atoms. The molecule has 0 unspecified atom stereocenters. The van der Waals surface area contributed by atoms with Crippen LogP contribution in [0.2, 0.25) is 0 Å². The molecule has 2 heterocycles. The smallest absolute Gasteiger partial charge is 0.242 e. The number of anilines is 1. The third-order valence-corrected chi connectivity index (χ3v) is 6.42. The van der Waals surface area contributed by atoms with Crippen LogP contribution in [0.15, 0.2) is 59.6 Å². The average molecular weight is 457 g/mol. The lowest BCUT2D eigenvalue weighted by Gasteiger charge is -2.28. The first kappa shape index (κ1) is 22.4. The molecule has 168 valence electrons. The third-order valence-electron chi connectivity index (χ3n) is 5.24. The zero-order chi connectivity index (χ0) is 22.3. The van der Waals surface area contributed by atoms with Crippen molar-refractivity contribution in [3.05, 3.63) is 60.4 Å². The van der Waals surface area contributed by atoms with Crippen LogP contribution in [0.3, 0.4) is 0 Å². The Morgan fingerprint density at radius 1 is 1.09 bits per heavy atom. The van der Waals surface area contributed by atoms with Gasteiger partial charge in [-0.2, -0.15) is 0 Å². The van der Waals surface area contributed by atoms with E-state index in [0.29, 0.717) is 30.6 Å². The normalized spacial score (nSPS) is 20.7. The molecule has 0 saturated carbocycles. The van der Waals surface area contributed by atoms with E-state index in [1.807, 2.05) is 30.3 Å². The summed E-state index contributed by atoms with van der Waals surface area (Å²) in [5, 5.41) is 2.78. The summed E-state index contributed by atoms with van der Waals surface area (Å²) in [4.78, 5) is 34.3. The summed E-state index contributed by atoms with van der Waals surface area (Å²) in [7, 11) is 0. The van der Waals surface area contributed by atoms with Crippen molar-refractivity contribution in [2.24, 2.45) is 4.99 Å². The molecule has 0 aromatic heterocycles. The molecule has 4 rings (SSSR count). The Morgan fingerprint density at radius 2 is 1.81 bits per heavy atom. The van der Waals surface area contributed by atoms with Crippen molar-refractivity contribution >= 4 is 40.1 Å². The molecule has 0 aliphatic carbocycles. The van der Waals surface area contributed by atoms with E-state index in [1.165, 1.54) is 36.0 Å². The predicted molar refractivity (Wildman–Crippen MR) is 124 cm³/mol. The fraction of sp³-hybridized carbons (Fsp3) is 0.348. The van der Waals surface area contributed by atoms with Gasteiger partial charge in [0.05, 0.1) is 18.9 Å². The number of amidine groups is 1. The number of carbonyl (C=O) groups excluding carboxylic acids is 2. The van der Waals surface area contributed by atoms with Crippen LogP contribution < -0.4 is 5.32 Å². The van der Waals surface area contributed by atoms with E-state index >= 15 is 0 Å². The second kappa shape index (κ2) is 10.7. The van der Waals surface area contributed by atoms with Gasteiger partial charge in [0.2, 0.25) is 11.8 Å². The summed E-state index contributed by atoms with van der Waals surface area (Å²) in [5.41, 5.74) is 1.25. The molecule has 2 amide bonds. The summed E-state index contributed by atoms with van der Waals surface area (Å²) in [6.45, 7) is 4.29. The van der Waals surface area contributed by atoms with Gasteiger partial charge in [-0.25, -0.2) is 9.38 Å². The molecule has 0 radical (unpaired) electrons. The van der Waals surface area contributed by atoms with Gasteiger partial charge in [-0.3, -0.25) is 19.4 Å². The maximum Gasteiger partial charge on any atom is 0.242 e. The highest BCUT2D eigenvalue weighted by molar-refractivity contribution is 8.15. The summed E-state index contributed by atoms with van der Waals surface area (Å²) >= 11 is 1.31. The number of nitrogens with one attached hydrogen (secondary N) is 1. The Labute approximate surface area is 190 Å². The fourth-order valence-electron chi connectivity index (χ4n) is 3.52. The lowest BCUT2D eigenvalue weighted by atomic mass is 10.2. The second-order valence-electron chi connectivity index (χ2n) is 7.54. The van der Waals surface area contributed by atoms with E-state index in [0.717, 1.165) is 25.3 Å². The fourth-order valence-corrected chi connectivity index (χ4v) is 4.71. The molecule has 1 atom stereocenters. The van der Waals surface area contributed by atoms with Crippen molar-refractivity contribution in [2.75, 3.05) is 44.7 Å². The molecule has 9 heteroatoms. The molecule has 2 aliphatic rings. The van der Waals surface area contributed by atoms with Crippen LogP contribution >= 0.6 is 11.8 Å². The number of halogens is 1. The lowest BCUT2D eigenvalue weighted by molar-refractivity contribution is -0.128. The minimum Gasteiger partial charge on any atom is -0.379 e. The first-order chi connectivity index (χ1) is 15.6.